The van der Waals surface area contributed by atoms with Gasteiger partial charge >= 0.3 is 0 Å². The lowest BCUT2D eigenvalue weighted by molar-refractivity contribution is -0.125. The number of carbonyl (C=O) groups is 4. The molecule has 2 saturated heterocycles. The first-order valence-corrected chi connectivity index (χ1v) is 12.4. The van der Waals surface area contributed by atoms with Gasteiger partial charge in [0.1, 0.15) is 0 Å². The number of thioether (sulfide) groups is 1. The summed E-state index contributed by atoms with van der Waals surface area (Å²) in [6.07, 6.45) is 2.54. The Labute approximate surface area is 202 Å². The number of primary amides is 1. The van der Waals surface area contributed by atoms with Gasteiger partial charge in [-0.25, -0.2) is 0 Å². The van der Waals surface area contributed by atoms with E-state index in [9.17, 15) is 19.2 Å². The van der Waals surface area contributed by atoms with E-state index in [1.165, 1.54) is 10.5 Å². The van der Waals surface area contributed by atoms with Crippen LogP contribution in [0.4, 0.5) is 10.5 Å². The molecule has 0 aromatic heterocycles. The molecule has 3 N–H and O–H groups in total. The number of nitrogens with two attached hydrogens (primary N) is 1. The van der Waals surface area contributed by atoms with E-state index < -0.39 is 0 Å². The molecule has 2 aromatic carbocycles. The SMILES string of the molecule is NC(=O)C1CCN(CCc2ccc(NC(=O)c3cccc(CN4C(=O)CSC4=O)c3)cc2)CC1. The van der Waals surface area contributed by atoms with Gasteiger partial charge in [0.15, 0.2) is 0 Å². The van der Waals surface area contributed by atoms with Crippen LogP contribution in [0.3, 0.4) is 0 Å². The third-order valence-electron chi connectivity index (χ3n) is 6.29. The van der Waals surface area contributed by atoms with Gasteiger partial charge in [-0.15, -0.1) is 0 Å². The average molecular weight is 481 g/mol. The van der Waals surface area contributed by atoms with Crippen LogP contribution < -0.4 is 11.1 Å². The van der Waals surface area contributed by atoms with Gasteiger partial charge in [-0.2, -0.15) is 0 Å². The van der Waals surface area contributed by atoms with E-state index in [2.05, 4.69) is 10.2 Å². The number of anilines is 1. The summed E-state index contributed by atoms with van der Waals surface area (Å²) in [6.45, 7) is 2.87. The Hall–Kier alpha value is -3.17. The molecule has 8 nitrogen and oxygen atoms in total. The molecule has 2 aromatic rings. The van der Waals surface area contributed by atoms with Crippen molar-refractivity contribution >= 4 is 40.4 Å². The lowest BCUT2D eigenvalue weighted by atomic mass is 9.96. The summed E-state index contributed by atoms with van der Waals surface area (Å²) in [5, 5.41) is 2.65. The van der Waals surface area contributed by atoms with Crippen LogP contribution in [-0.2, 0) is 22.6 Å². The predicted octanol–water partition coefficient (Wildman–Crippen LogP) is 2.87. The van der Waals surface area contributed by atoms with Crippen molar-refractivity contribution in [3.63, 3.8) is 0 Å². The average Bonchev–Trinajstić information content (AvgIpc) is 3.16. The van der Waals surface area contributed by atoms with Crippen LogP contribution in [-0.4, -0.2) is 58.1 Å². The maximum atomic E-state index is 12.7. The predicted molar refractivity (Wildman–Crippen MR) is 131 cm³/mol. The molecule has 178 valence electrons. The first kappa shape index (κ1) is 24.0. The van der Waals surface area contributed by atoms with Gasteiger partial charge in [-0.05, 0) is 67.7 Å². The minimum atomic E-state index is -0.255. The van der Waals surface area contributed by atoms with Crippen LogP contribution in [0.2, 0.25) is 0 Å². The molecule has 9 heteroatoms. The summed E-state index contributed by atoms with van der Waals surface area (Å²) in [5.74, 6) is -0.479. The van der Waals surface area contributed by atoms with Crippen LogP contribution in [0.1, 0.15) is 34.3 Å². The van der Waals surface area contributed by atoms with Crippen LogP contribution in [0.5, 0.6) is 0 Å². The van der Waals surface area contributed by atoms with Gasteiger partial charge in [0, 0.05) is 23.7 Å². The number of hydrogen-bond donors (Lipinski definition) is 2. The third-order valence-corrected chi connectivity index (χ3v) is 7.15. The van der Waals surface area contributed by atoms with E-state index in [-0.39, 0.29) is 41.2 Å². The molecule has 0 bridgehead atoms. The Morgan fingerprint density at radius 1 is 1.03 bits per heavy atom. The molecule has 0 spiro atoms. The molecule has 0 saturated carbocycles. The van der Waals surface area contributed by atoms with Crippen molar-refractivity contribution in [2.75, 3.05) is 30.7 Å². The minimum absolute atomic E-state index is 0.00374. The Kier molecular flexibility index (Phi) is 7.64. The smallest absolute Gasteiger partial charge is 0.289 e. The quantitative estimate of drug-likeness (QED) is 0.601. The van der Waals surface area contributed by atoms with Crippen molar-refractivity contribution in [1.82, 2.24) is 9.80 Å². The van der Waals surface area contributed by atoms with Gasteiger partial charge in [0.25, 0.3) is 11.1 Å². The number of piperidine rings is 1. The van der Waals surface area contributed by atoms with E-state index in [1.807, 2.05) is 24.3 Å². The van der Waals surface area contributed by atoms with Crippen LogP contribution in [0.25, 0.3) is 0 Å². The van der Waals surface area contributed by atoms with Crippen LogP contribution >= 0.6 is 11.8 Å². The lowest BCUT2D eigenvalue weighted by Crippen LogP contribution is -2.39. The summed E-state index contributed by atoms with van der Waals surface area (Å²) in [4.78, 5) is 51.2. The zero-order valence-electron chi connectivity index (χ0n) is 18.9. The normalized spacial score (nSPS) is 17.2. The number of amides is 4. The number of hydrogen-bond acceptors (Lipinski definition) is 6. The molecule has 4 amide bonds. The van der Waals surface area contributed by atoms with Crippen molar-refractivity contribution in [1.29, 1.82) is 0 Å². The largest absolute Gasteiger partial charge is 0.369 e. The molecule has 2 heterocycles. The molecule has 2 aliphatic rings. The van der Waals surface area contributed by atoms with E-state index in [0.29, 0.717) is 11.3 Å². The number of carbonyl (C=O) groups excluding carboxylic acids is 4. The molecule has 2 fully saturated rings. The number of nitrogens with zero attached hydrogens (tertiary/aromatic N) is 2. The molecular weight excluding hydrogens is 452 g/mol. The second kappa shape index (κ2) is 10.8. The van der Waals surface area contributed by atoms with E-state index in [0.717, 1.165) is 56.2 Å². The summed E-state index contributed by atoms with van der Waals surface area (Å²) in [6, 6.07) is 14.7. The number of imide groups is 1. The minimum Gasteiger partial charge on any atom is -0.369 e. The maximum absolute atomic E-state index is 12.7. The maximum Gasteiger partial charge on any atom is 0.289 e. The second-order valence-corrected chi connectivity index (χ2v) is 9.58. The highest BCUT2D eigenvalue weighted by molar-refractivity contribution is 8.14. The van der Waals surface area contributed by atoms with Crippen molar-refractivity contribution in [2.24, 2.45) is 11.7 Å². The molecular formula is C25H28N4O4S. The van der Waals surface area contributed by atoms with E-state index in [1.54, 1.807) is 24.3 Å². The topological polar surface area (TPSA) is 113 Å². The van der Waals surface area contributed by atoms with Gasteiger partial charge in [-0.3, -0.25) is 24.1 Å². The highest BCUT2D eigenvalue weighted by atomic mass is 32.2. The van der Waals surface area contributed by atoms with E-state index >= 15 is 0 Å². The van der Waals surface area contributed by atoms with Crippen LogP contribution in [0.15, 0.2) is 48.5 Å². The van der Waals surface area contributed by atoms with Gasteiger partial charge in [0.05, 0.1) is 12.3 Å². The summed E-state index contributed by atoms with van der Waals surface area (Å²) < 4.78 is 0. The first-order chi connectivity index (χ1) is 16.4. The molecule has 4 rings (SSSR count). The number of benzene rings is 2. The number of nitrogens with one attached hydrogen (secondary N) is 1. The molecule has 0 radical (unpaired) electrons. The third kappa shape index (κ3) is 6.03. The van der Waals surface area contributed by atoms with Gasteiger partial charge < -0.3 is 16.0 Å². The molecule has 34 heavy (non-hydrogen) atoms. The second-order valence-electron chi connectivity index (χ2n) is 8.65. The summed E-state index contributed by atoms with van der Waals surface area (Å²) >= 11 is 0.997. The zero-order chi connectivity index (χ0) is 24.1. The lowest BCUT2D eigenvalue weighted by Gasteiger charge is -2.30. The first-order valence-electron chi connectivity index (χ1n) is 11.4. The number of rotatable bonds is 8. The monoisotopic (exact) mass is 480 g/mol. The highest BCUT2D eigenvalue weighted by Gasteiger charge is 2.29. The standard InChI is InChI=1S/C25H28N4O4S/c26-23(31)19-9-12-28(13-10-19)11-8-17-4-6-21(7-5-17)27-24(32)20-3-1-2-18(14-20)15-29-22(30)16-34-25(29)33/h1-7,14,19H,8-13,15-16H2,(H2,26,31)(H,27,32). The van der Waals surface area contributed by atoms with Crippen molar-refractivity contribution in [3.05, 3.63) is 65.2 Å². The Bertz CT molecular complexity index is 1060. The summed E-state index contributed by atoms with van der Waals surface area (Å²) in [7, 11) is 0. The fraction of sp³-hybridized carbons (Fsp3) is 0.360. The van der Waals surface area contributed by atoms with Crippen LogP contribution in [0, 0.1) is 5.92 Å². The molecule has 0 atom stereocenters. The van der Waals surface area contributed by atoms with Gasteiger partial charge in [-0.1, -0.05) is 36.0 Å². The van der Waals surface area contributed by atoms with Crippen molar-refractivity contribution in [3.8, 4) is 0 Å². The Morgan fingerprint density at radius 3 is 2.41 bits per heavy atom. The number of likely N-dealkylation sites (tertiary alicyclic amines) is 1. The Balaban J connectivity index is 1.28. The van der Waals surface area contributed by atoms with E-state index in [4.69, 9.17) is 5.73 Å². The fourth-order valence-corrected chi connectivity index (χ4v) is 4.94. The molecule has 0 aliphatic carbocycles. The fourth-order valence-electron chi connectivity index (χ4n) is 4.21. The molecule has 0 unspecified atom stereocenters. The zero-order valence-corrected chi connectivity index (χ0v) is 19.7. The Morgan fingerprint density at radius 2 is 1.76 bits per heavy atom. The molecule has 2 aliphatic heterocycles. The summed E-state index contributed by atoms with van der Waals surface area (Å²) in [5.41, 5.74) is 8.47. The highest BCUT2D eigenvalue weighted by Crippen LogP contribution is 2.22. The van der Waals surface area contributed by atoms with Crippen molar-refractivity contribution in [2.45, 2.75) is 25.8 Å². The van der Waals surface area contributed by atoms with Gasteiger partial charge in [0.2, 0.25) is 11.8 Å². The van der Waals surface area contributed by atoms with Crippen molar-refractivity contribution < 1.29 is 19.2 Å².